The fourth-order valence-electron chi connectivity index (χ4n) is 10.7. The van der Waals surface area contributed by atoms with Crippen molar-refractivity contribution in [2.75, 3.05) is 27.3 Å². The second-order valence-electron chi connectivity index (χ2n) is 19.1. The summed E-state index contributed by atoms with van der Waals surface area (Å²) in [5.74, 6) is 0.868. The highest BCUT2D eigenvalue weighted by molar-refractivity contribution is 7.11. The van der Waals surface area contributed by atoms with Gasteiger partial charge in [-0.2, -0.15) is 0 Å². The van der Waals surface area contributed by atoms with Gasteiger partial charge in [-0.05, 0) is 95.2 Å². The minimum Gasteiger partial charge on any atom is -0.496 e. The Bertz CT molecular complexity index is 3070. The molecule has 71 heavy (non-hydrogen) atoms. The predicted molar refractivity (Wildman–Crippen MR) is 261 cm³/mol. The first-order valence-electron chi connectivity index (χ1n) is 24.0. The molecular formula is C51H57FN10O8S. The quantitative estimate of drug-likeness (QED) is 0.0965. The Morgan fingerprint density at radius 2 is 1.49 bits per heavy atom. The number of benzene rings is 2. The number of nitrogens with one attached hydrogen (secondary N) is 4. The second kappa shape index (κ2) is 19.2. The molecule has 4 amide bonds. The third kappa shape index (κ3) is 8.97. The highest BCUT2D eigenvalue weighted by atomic mass is 32.1. The Labute approximate surface area is 413 Å². The zero-order chi connectivity index (χ0) is 49.8. The van der Waals surface area contributed by atoms with Crippen LogP contribution >= 0.6 is 11.3 Å². The molecule has 2 saturated heterocycles. The zero-order valence-corrected chi connectivity index (χ0v) is 41.4. The van der Waals surface area contributed by atoms with Crippen LogP contribution in [0.15, 0.2) is 66.8 Å². The molecule has 4 N–H and O–H groups in total. The summed E-state index contributed by atoms with van der Waals surface area (Å²) in [5.41, 5.74) is 4.44. The SMILES string of the molecule is COC(=O)NC(C(=O)N1CCC[C@H]1c1ncc(-c2cc(F)c3c(c2)OC(c2cnc(C)s2)n2c-3cc3cc(-c4cnc([C@@H]5CCCN5C(=O)C(NC(=O)OC)C5C=C(C)O[C@@H](C)C5)[nH]4)ccc32)[nH]1)C(C)C. The molecule has 0 spiro atoms. The van der Waals surface area contributed by atoms with Gasteiger partial charge in [-0.1, -0.05) is 19.9 Å². The van der Waals surface area contributed by atoms with Crippen LogP contribution in [0.4, 0.5) is 14.0 Å². The molecule has 372 valence electrons. The summed E-state index contributed by atoms with van der Waals surface area (Å²) in [7, 11) is 2.55. The third-order valence-electron chi connectivity index (χ3n) is 14.0. The van der Waals surface area contributed by atoms with E-state index in [4.69, 9.17) is 23.9 Å². The second-order valence-corrected chi connectivity index (χ2v) is 20.3. The Kier molecular flexibility index (Phi) is 12.8. The maximum atomic E-state index is 16.9. The largest absolute Gasteiger partial charge is 0.496 e. The predicted octanol–water partition coefficient (Wildman–Crippen LogP) is 8.69. The number of carbonyl (C=O) groups is 4. The van der Waals surface area contributed by atoms with Crippen molar-refractivity contribution < 1.29 is 42.5 Å². The Balaban J connectivity index is 0.942. The zero-order valence-electron chi connectivity index (χ0n) is 40.6. The van der Waals surface area contributed by atoms with Gasteiger partial charge in [0, 0.05) is 41.7 Å². The summed E-state index contributed by atoms with van der Waals surface area (Å²) in [6.07, 6.45) is 8.40. The lowest BCUT2D eigenvalue weighted by atomic mass is 9.90. The fourth-order valence-corrected chi connectivity index (χ4v) is 11.5. The smallest absolute Gasteiger partial charge is 0.407 e. The molecular weight excluding hydrogens is 932 g/mol. The van der Waals surface area contributed by atoms with Gasteiger partial charge in [0.05, 0.1) is 88.6 Å². The Hall–Kier alpha value is -7.22. The van der Waals surface area contributed by atoms with Crippen LogP contribution in [0.3, 0.4) is 0 Å². The molecule has 8 heterocycles. The molecule has 4 aliphatic heterocycles. The first-order valence-corrected chi connectivity index (χ1v) is 24.8. The maximum absolute atomic E-state index is 16.9. The van der Waals surface area contributed by atoms with E-state index in [0.29, 0.717) is 78.0 Å². The molecule has 4 aromatic heterocycles. The molecule has 2 fully saturated rings. The summed E-state index contributed by atoms with van der Waals surface area (Å²) in [6, 6.07) is 8.93. The normalized spacial score (nSPS) is 21.5. The number of alkyl carbamates (subject to hydrolysis) is 2. The van der Waals surface area contributed by atoms with Crippen LogP contribution < -0.4 is 15.4 Å². The number of H-pyrrole nitrogens is 2. The van der Waals surface area contributed by atoms with Crippen LogP contribution in [-0.2, 0) is 23.8 Å². The van der Waals surface area contributed by atoms with Crippen molar-refractivity contribution in [3.05, 3.63) is 94.2 Å². The number of methoxy groups -OCH3 is 2. The van der Waals surface area contributed by atoms with E-state index >= 15 is 4.39 Å². The van der Waals surface area contributed by atoms with Crippen LogP contribution in [-0.4, -0.2) is 109 Å². The summed E-state index contributed by atoms with van der Waals surface area (Å²) >= 11 is 1.50. The van der Waals surface area contributed by atoms with E-state index < -0.39 is 36.3 Å². The van der Waals surface area contributed by atoms with Crippen molar-refractivity contribution in [1.29, 1.82) is 0 Å². The topological polar surface area (TPSA) is 211 Å². The lowest BCUT2D eigenvalue weighted by Crippen LogP contribution is -2.52. The van der Waals surface area contributed by atoms with Crippen molar-refractivity contribution in [2.24, 2.45) is 11.8 Å². The van der Waals surface area contributed by atoms with Crippen molar-refractivity contribution in [2.45, 2.75) is 103 Å². The summed E-state index contributed by atoms with van der Waals surface area (Å²) < 4.78 is 41.2. The minimum absolute atomic E-state index is 0.121. The first-order chi connectivity index (χ1) is 34.2. The van der Waals surface area contributed by atoms with Gasteiger partial charge >= 0.3 is 12.2 Å². The summed E-state index contributed by atoms with van der Waals surface area (Å²) in [4.78, 5) is 78.1. The average molecular weight is 989 g/mol. The third-order valence-corrected chi connectivity index (χ3v) is 14.9. The van der Waals surface area contributed by atoms with Crippen molar-refractivity contribution >= 4 is 46.2 Å². The molecule has 4 aliphatic rings. The maximum Gasteiger partial charge on any atom is 0.407 e. The molecule has 0 aliphatic carbocycles. The number of aryl methyl sites for hydroxylation is 1. The summed E-state index contributed by atoms with van der Waals surface area (Å²) in [6.45, 7) is 10.5. The number of hydrogen-bond donors (Lipinski definition) is 4. The highest BCUT2D eigenvalue weighted by Crippen LogP contribution is 2.48. The van der Waals surface area contributed by atoms with Crippen molar-refractivity contribution in [1.82, 2.24) is 49.9 Å². The molecule has 6 aromatic rings. The van der Waals surface area contributed by atoms with E-state index in [1.54, 1.807) is 28.4 Å². The van der Waals surface area contributed by atoms with Gasteiger partial charge in [-0.3, -0.25) is 14.2 Å². The molecule has 2 aromatic carbocycles. The molecule has 0 bridgehead atoms. The van der Waals surface area contributed by atoms with Crippen LogP contribution in [0.5, 0.6) is 5.75 Å². The number of likely N-dealkylation sites (tertiary alicyclic amines) is 2. The van der Waals surface area contributed by atoms with Gasteiger partial charge in [0.15, 0.2) is 0 Å². The Morgan fingerprint density at radius 3 is 2.13 bits per heavy atom. The number of thiazole rings is 1. The number of allylic oxidation sites excluding steroid dienone is 1. The lowest BCUT2D eigenvalue weighted by molar-refractivity contribution is -0.136. The Morgan fingerprint density at radius 1 is 0.831 bits per heavy atom. The highest BCUT2D eigenvalue weighted by Gasteiger charge is 2.42. The van der Waals surface area contributed by atoms with Gasteiger partial charge in [0.1, 0.15) is 35.3 Å². The molecule has 10 rings (SSSR count). The molecule has 4 unspecified atom stereocenters. The van der Waals surface area contributed by atoms with E-state index in [0.717, 1.165) is 44.9 Å². The number of aromatic nitrogens is 6. The van der Waals surface area contributed by atoms with Gasteiger partial charge < -0.3 is 49.3 Å². The molecule has 7 atom stereocenters. The van der Waals surface area contributed by atoms with Gasteiger partial charge in [0.2, 0.25) is 18.0 Å². The van der Waals surface area contributed by atoms with Gasteiger partial charge in [0.25, 0.3) is 0 Å². The van der Waals surface area contributed by atoms with Crippen LogP contribution in [0.2, 0.25) is 0 Å². The average Bonchev–Trinajstić information content (AvgIpc) is 4.22. The number of imidazole rings is 2. The number of rotatable bonds is 11. The van der Waals surface area contributed by atoms with Crippen molar-refractivity contribution in [3.63, 3.8) is 0 Å². The van der Waals surface area contributed by atoms with E-state index in [-0.39, 0.29) is 41.8 Å². The van der Waals surface area contributed by atoms with E-state index in [1.807, 2.05) is 75.6 Å². The number of hydrogen-bond acceptors (Lipinski definition) is 12. The van der Waals surface area contributed by atoms with Gasteiger partial charge in [-0.25, -0.2) is 28.9 Å². The van der Waals surface area contributed by atoms with E-state index in [2.05, 4.69) is 30.6 Å². The van der Waals surface area contributed by atoms with Crippen LogP contribution in [0, 0.1) is 24.6 Å². The number of carbonyl (C=O) groups excluding carboxylic acids is 4. The number of amides is 4. The number of aromatic amines is 2. The number of nitrogens with zero attached hydrogens (tertiary/aromatic N) is 6. The van der Waals surface area contributed by atoms with Crippen LogP contribution in [0.25, 0.3) is 44.7 Å². The molecule has 0 saturated carbocycles. The van der Waals surface area contributed by atoms with E-state index in [1.165, 1.54) is 31.6 Å². The monoisotopic (exact) mass is 988 g/mol. The van der Waals surface area contributed by atoms with Crippen LogP contribution in [0.1, 0.15) is 99.6 Å². The minimum atomic E-state index is -0.849. The number of ether oxygens (including phenoxy) is 4. The van der Waals surface area contributed by atoms with E-state index in [9.17, 15) is 19.2 Å². The molecule has 20 heteroatoms. The number of halogens is 1. The first kappa shape index (κ1) is 47.5. The lowest BCUT2D eigenvalue weighted by Gasteiger charge is -2.34. The van der Waals surface area contributed by atoms with Crippen molar-refractivity contribution in [3.8, 4) is 39.5 Å². The standard InChI is InChI=1S/C51H57FN10O8S/c1-25(2)43(58-50(65)67-6)47(63)60-14-8-10-37(60)46-55-23-35(57-46)30-19-33(52)42-39-20-31-18-29(12-13-36(31)62(39)49(70-40(42)21-30)41-24-53-28(5)71-41)34-22-54-45(56-34)38-11-9-15-61(38)48(64)44(59-51(66)68-7)32-16-26(3)69-27(4)17-32/h12-13,16,18-25,27,32,37-38,43-44,49H,8-11,14-15,17H2,1-7H3,(H,54,56)(H,55,57)(H,58,65)(H,59,66)/t27-,32?,37-,38-,43?,44?,49?/m0/s1. The molecule has 18 nitrogen and oxygen atoms in total. The summed E-state index contributed by atoms with van der Waals surface area (Å²) in [5, 5.41) is 7.19. The number of fused-ring (bicyclic) bond motifs is 5. The van der Waals surface area contributed by atoms with Gasteiger partial charge in [-0.15, -0.1) is 11.3 Å². The fraction of sp³-hybridized carbons (Fsp3) is 0.431. The molecule has 0 radical (unpaired) electrons.